The van der Waals surface area contributed by atoms with E-state index in [1.165, 1.54) is 30.8 Å². The maximum atomic E-state index is 12.2. The minimum absolute atomic E-state index is 0.131. The normalized spacial score (nSPS) is 16.7. The smallest absolute Gasteiger partial charge is 0.201 e. The molecule has 3 heteroatoms. The van der Waals surface area contributed by atoms with E-state index in [1.807, 2.05) is 24.3 Å². The van der Waals surface area contributed by atoms with Crippen LogP contribution in [0.1, 0.15) is 18.4 Å². The molecule has 1 aromatic heterocycles. The summed E-state index contributed by atoms with van der Waals surface area (Å²) in [5, 5.41) is 0.698. The average molecular weight is 230 g/mol. The van der Waals surface area contributed by atoms with Gasteiger partial charge in [0.15, 0.2) is 0 Å². The second-order valence-corrected chi connectivity index (χ2v) is 4.72. The van der Waals surface area contributed by atoms with Crippen molar-refractivity contribution in [3.05, 3.63) is 46.3 Å². The Hall–Kier alpha value is -1.61. The number of rotatable bonds is 2. The summed E-state index contributed by atoms with van der Waals surface area (Å²) in [5.74, 6) is 0. The van der Waals surface area contributed by atoms with Crippen molar-refractivity contribution >= 4 is 11.0 Å². The summed E-state index contributed by atoms with van der Waals surface area (Å²) in [5.41, 5.74) is 1.62. The van der Waals surface area contributed by atoms with Crippen LogP contribution in [0.3, 0.4) is 0 Å². The SMILES string of the molecule is O=c1c(C[NH+]2CCCC2)coc2ccccc12. The molecule has 0 aliphatic carbocycles. The highest BCUT2D eigenvalue weighted by atomic mass is 16.3. The highest BCUT2D eigenvalue weighted by Gasteiger charge is 2.18. The number of hydrogen-bond donors (Lipinski definition) is 1. The highest BCUT2D eigenvalue weighted by molar-refractivity contribution is 5.76. The third-order valence-electron chi connectivity index (χ3n) is 3.50. The van der Waals surface area contributed by atoms with Crippen molar-refractivity contribution in [2.24, 2.45) is 0 Å². The van der Waals surface area contributed by atoms with E-state index in [1.54, 1.807) is 6.26 Å². The van der Waals surface area contributed by atoms with Crippen LogP contribution in [0.2, 0.25) is 0 Å². The summed E-state index contributed by atoms with van der Waals surface area (Å²) in [6.07, 6.45) is 4.18. The third kappa shape index (κ3) is 1.98. The van der Waals surface area contributed by atoms with Crippen molar-refractivity contribution in [2.75, 3.05) is 13.1 Å². The lowest BCUT2D eigenvalue weighted by Gasteiger charge is -2.11. The average Bonchev–Trinajstić information content (AvgIpc) is 2.86. The minimum Gasteiger partial charge on any atom is -0.464 e. The summed E-state index contributed by atoms with van der Waals surface area (Å²) in [4.78, 5) is 13.7. The first-order valence-electron chi connectivity index (χ1n) is 6.17. The van der Waals surface area contributed by atoms with E-state index in [0.717, 1.165) is 12.1 Å². The summed E-state index contributed by atoms with van der Waals surface area (Å²) in [6, 6.07) is 7.44. The largest absolute Gasteiger partial charge is 0.464 e. The number of benzene rings is 1. The molecule has 2 heterocycles. The van der Waals surface area contributed by atoms with Gasteiger partial charge in [0.2, 0.25) is 5.43 Å². The molecule has 1 aliphatic rings. The van der Waals surface area contributed by atoms with Crippen LogP contribution in [0, 0.1) is 0 Å². The Morgan fingerprint density at radius 1 is 1.18 bits per heavy atom. The molecule has 1 N–H and O–H groups in total. The maximum absolute atomic E-state index is 12.2. The second-order valence-electron chi connectivity index (χ2n) is 4.72. The number of quaternary nitrogens is 1. The number of hydrogen-bond acceptors (Lipinski definition) is 2. The number of likely N-dealkylation sites (tertiary alicyclic amines) is 1. The van der Waals surface area contributed by atoms with Gasteiger partial charge in [-0.2, -0.15) is 0 Å². The lowest BCUT2D eigenvalue weighted by Crippen LogP contribution is -3.08. The Balaban J connectivity index is 1.99. The number of nitrogens with one attached hydrogen (secondary N) is 1. The van der Waals surface area contributed by atoms with Crippen molar-refractivity contribution in [3.63, 3.8) is 0 Å². The first kappa shape index (κ1) is 10.5. The molecule has 1 saturated heterocycles. The predicted molar refractivity (Wildman–Crippen MR) is 66.1 cm³/mol. The van der Waals surface area contributed by atoms with Crippen LogP contribution >= 0.6 is 0 Å². The van der Waals surface area contributed by atoms with Crippen LogP contribution in [0.4, 0.5) is 0 Å². The Labute approximate surface area is 99.7 Å². The Bertz CT molecular complexity index is 582. The first-order valence-corrected chi connectivity index (χ1v) is 6.17. The predicted octanol–water partition coefficient (Wildman–Crippen LogP) is 0.972. The fourth-order valence-electron chi connectivity index (χ4n) is 2.56. The molecule has 3 rings (SSSR count). The third-order valence-corrected chi connectivity index (χ3v) is 3.50. The van der Waals surface area contributed by atoms with Crippen molar-refractivity contribution < 1.29 is 9.32 Å². The molecular weight excluding hydrogens is 214 g/mol. The van der Waals surface area contributed by atoms with E-state index in [0.29, 0.717) is 11.0 Å². The zero-order chi connectivity index (χ0) is 11.7. The van der Waals surface area contributed by atoms with E-state index in [-0.39, 0.29) is 5.43 Å². The molecule has 1 aliphatic heterocycles. The van der Waals surface area contributed by atoms with E-state index >= 15 is 0 Å². The van der Waals surface area contributed by atoms with Gasteiger partial charge >= 0.3 is 0 Å². The monoisotopic (exact) mass is 230 g/mol. The first-order chi connectivity index (χ1) is 8.34. The lowest BCUT2D eigenvalue weighted by molar-refractivity contribution is -0.901. The van der Waals surface area contributed by atoms with Crippen LogP contribution < -0.4 is 10.3 Å². The summed E-state index contributed by atoms with van der Waals surface area (Å²) < 4.78 is 5.52. The van der Waals surface area contributed by atoms with Crippen LogP contribution in [0.5, 0.6) is 0 Å². The topological polar surface area (TPSA) is 34.7 Å². The van der Waals surface area contributed by atoms with Crippen molar-refractivity contribution in [1.82, 2.24) is 0 Å². The van der Waals surface area contributed by atoms with Crippen LogP contribution in [-0.4, -0.2) is 13.1 Å². The van der Waals surface area contributed by atoms with E-state index in [2.05, 4.69) is 0 Å². The zero-order valence-electron chi connectivity index (χ0n) is 9.74. The van der Waals surface area contributed by atoms with Crippen LogP contribution in [0.15, 0.2) is 39.7 Å². The molecular formula is C14H16NO2+. The van der Waals surface area contributed by atoms with E-state index < -0.39 is 0 Å². The summed E-state index contributed by atoms with van der Waals surface area (Å²) in [6.45, 7) is 3.14. The molecule has 0 bridgehead atoms. The van der Waals surface area contributed by atoms with Gasteiger partial charge in [0.25, 0.3) is 0 Å². The van der Waals surface area contributed by atoms with Gasteiger partial charge in [-0.25, -0.2) is 0 Å². The van der Waals surface area contributed by atoms with Gasteiger partial charge in [-0.05, 0) is 12.1 Å². The van der Waals surface area contributed by atoms with Crippen LogP contribution in [-0.2, 0) is 6.54 Å². The second kappa shape index (κ2) is 4.34. The molecule has 1 fully saturated rings. The van der Waals surface area contributed by atoms with Crippen LogP contribution in [0.25, 0.3) is 11.0 Å². The van der Waals surface area contributed by atoms with E-state index in [4.69, 9.17) is 4.42 Å². The summed E-state index contributed by atoms with van der Waals surface area (Å²) in [7, 11) is 0. The fourth-order valence-corrected chi connectivity index (χ4v) is 2.56. The molecule has 17 heavy (non-hydrogen) atoms. The van der Waals surface area contributed by atoms with Gasteiger partial charge in [-0.15, -0.1) is 0 Å². The molecule has 3 nitrogen and oxygen atoms in total. The molecule has 0 saturated carbocycles. The summed E-state index contributed by atoms with van der Waals surface area (Å²) >= 11 is 0. The highest BCUT2D eigenvalue weighted by Crippen LogP contribution is 2.09. The van der Waals surface area contributed by atoms with E-state index in [9.17, 15) is 4.79 Å². The molecule has 0 amide bonds. The molecule has 1 aromatic carbocycles. The van der Waals surface area contributed by atoms with Crippen molar-refractivity contribution in [1.29, 1.82) is 0 Å². The Morgan fingerprint density at radius 2 is 1.94 bits per heavy atom. The number of fused-ring (bicyclic) bond motifs is 1. The van der Waals surface area contributed by atoms with Gasteiger partial charge in [0, 0.05) is 12.8 Å². The molecule has 88 valence electrons. The van der Waals surface area contributed by atoms with Crippen molar-refractivity contribution in [3.8, 4) is 0 Å². The van der Waals surface area contributed by atoms with Gasteiger partial charge < -0.3 is 9.32 Å². The minimum atomic E-state index is 0.131. The molecule has 0 atom stereocenters. The maximum Gasteiger partial charge on any atom is 0.201 e. The van der Waals surface area contributed by atoms with Crippen molar-refractivity contribution in [2.45, 2.75) is 19.4 Å². The molecule has 2 aromatic rings. The van der Waals surface area contributed by atoms with Gasteiger partial charge in [0.1, 0.15) is 18.4 Å². The number of para-hydroxylation sites is 1. The molecule has 0 spiro atoms. The fraction of sp³-hybridized carbons (Fsp3) is 0.357. The lowest BCUT2D eigenvalue weighted by atomic mass is 10.1. The Morgan fingerprint density at radius 3 is 2.76 bits per heavy atom. The quantitative estimate of drug-likeness (QED) is 0.834. The standard InChI is InChI=1S/C14H15NO2/c16-14-11(9-15-7-3-4-8-15)10-17-13-6-2-1-5-12(13)14/h1-2,5-6,10H,3-4,7-9H2/p+1. The molecule has 0 radical (unpaired) electrons. The van der Waals surface area contributed by atoms with Gasteiger partial charge in [-0.1, -0.05) is 12.1 Å². The Kier molecular flexibility index (Phi) is 2.69. The zero-order valence-corrected chi connectivity index (χ0v) is 9.74. The van der Waals surface area contributed by atoms with Gasteiger partial charge in [-0.3, -0.25) is 4.79 Å². The molecule has 0 unspecified atom stereocenters. The van der Waals surface area contributed by atoms with Gasteiger partial charge in [0.05, 0.1) is 24.0 Å².